The van der Waals surface area contributed by atoms with E-state index in [1.165, 1.54) is 25.7 Å². The van der Waals surface area contributed by atoms with Crippen LogP contribution in [0.2, 0.25) is 0 Å². The van der Waals surface area contributed by atoms with Gasteiger partial charge in [0.05, 0.1) is 5.60 Å². The van der Waals surface area contributed by atoms with Gasteiger partial charge in [-0.3, -0.25) is 0 Å². The summed E-state index contributed by atoms with van der Waals surface area (Å²) in [5.74, 6) is 1.50. The fourth-order valence-electron chi connectivity index (χ4n) is 3.38. The zero-order valence-electron chi connectivity index (χ0n) is 11.5. The number of hydrogen-bond acceptors (Lipinski definition) is 2. The molecule has 0 heterocycles. The van der Waals surface area contributed by atoms with Gasteiger partial charge in [0.15, 0.2) is 0 Å². The maximum absolute atomic E-state index is 6.50. The summed E-state index contributed by atoms with van der Waals surface area (Å²) in [7, 11) is 1.82. The smallest absolute Gasteiger partial charge is 0.0826 e. The number of ether oxygens (including phenoxy) is 1. The molecule has 3 atom stereocenters. The van der Waals surface area contributed by atoms with Gasteiger partial charge < -0.3 is 10.5 Å². The molecular weight excluding hydrogens is 198 g/mol. The SMILES string of the molecule is CCC(CC)(OC)C(N)C1CCCC(C)C1. The van der Waals surface area contributed by atoms with Crippen molar-refractivity contribution in [2.75, 3.05) is 7.11 Å². The third-order valence-electron chi connectivity index (χ3n) is 4.70. The van der Waals surface area contributed by atoms with Crippen LogP contribution in [0.15, 0.2) is 0 Å². The summed E-state index contributed by atoms with van der Waals surface area (Å²) in [6.07, 6.45) is 7.33. The molecule has 0 radical (unpaired) electrons. The van der Waals surface area contributed by atoms with Gasteiger partial charge in [0.25, 0.3) is 0 Å². The zero-order chi connectivity index (χ0) is 12.2. The van der Waals surface area contributed by atoms with E-state index < -0.39 is 0 Å². The van der Waals surface area contributed by atoms with Crippen LogP contribution in [0.1, 0.15) is 59.3 Å². The van der Waals surface area contributed by atoms with E-state index in [0.29, 0.717) is 5.92 Å². The Morgan fingerprint density at radius 3 is 2.38 bits per heavy atom. The largest absolute Gasteiger partial charge is 0.377 e. The van der Waals surface area contributed by atoms with Crippen LogP contribution < -0.4 is 5.73 Å². The Kier molecular flexibility index (Phi) is 5.26. The molecule has 0 aromatic carbocycles. The number of nitrogens with two attached hydrogens (primary N) is 1. The Morgan fingerprint density at radius 2 is 1.94 bits per heavy atom. The van der Waals surface area contributed by atoms with Crippen molar-refractivity contribution in [1.29, 1.82) is 0 Å². The lowest BCUT2D eigenvalue weighted by atomic mass is 9.72. The predicted octanol–water partition coefficient (Wildman–Crippen LogP) is 3.35. The van der Waals surface area contributed by atoms with Crippen LogP contribution in [0.5, 0.6) is 0 Å². The highest BCUT2D eigenvalue weighted by molar-refractivity contribution is 4.94. The molecule has 2 heteroatoms. The molecule has 0 spiro atoms. The summed E-state index contributed by atoms with van der Waals surface area (Å²) in [6, 6.07) is 0.204. The van der Waals surface area contributed by atoms with Crippen LogP contribution in [0.3, 0.4) is 0 Å². The van der Waals surface area contributed by atoms with E-state index in [0.717, 1.165) is 18.8 Å². The lowest BCUT2D eigenvalue weighted by molar-refractivity contribution is -0.0577. The number of rotatable bonds is 5. The highest BCUT2D eigenvalue weighted by atomic mass is 16.5. The van der Waals surface area contributed by atoms with Crippen molar-refractivity contribution in [2.24, 2.45) is 17.6 Å². The van der Waals surface area contributed by atoms with Crippen molar-refractivity contribution >= 4 is 0 Å². The molecule has 1 aliphatic carbocycles. The summed E-state index contributed by atoms with van der Waals surface area (Å²) in [5.41, 5.74) is 6.40. The third kappa shape index (κ3) is 2.78. The van der Waals surface area contributed by atoms with Crippen molar-refractivity contribution in [3.63, 3.8) is 0 Å². The van der Waals surface area contributed by atoms with E-state index in [1.54, 1.807) is 0 Å². The number of methoxy groups -OCH3 is 1. The molecule has 0 bridgehead atoms. The molecule has 0 aromatic heterocycles. The molecule has 16 heavy (non-hydrogen) atoms. The summed E-state index contributed by atoms with van der Waals surface area (Å²) < 4.78 is 5.76. The molecule has 0 amide bonds. The molecule has 3 unspecified atom stereocenters. The minimum atomic E-state index is -0.0955. The topological polar surface area (TPSA) is 35.2 Å². The second kappa shape index (κ2) is 6.02. The fraction of sp³-hybridized carbons (Fsp3) is 1.00. The summed E-state index contributed by atoms with van der Waals surface area (Å²) in [6.45, 7) is 6.74. The zero-order valence-corrected chi connectivity index (χ0v) is 11.5. The van der Waals surface area contributed by atoms with Gasteiger partial charge in [0, 0.05) is 13.2 Å². The van der Waals surface area contributed by atoms with Crippen molar-refractivity contribution in [1.82, 2.24) is 0 Å². The molecule has 1 fully saturated rings. The summed E-state index contributed by atoms with van der Waals surface area (Å²) in [5, 5.41) is 0. The average Bonchev–Trinajstić information content (AvgIpc) is 2.32. The van der Waals surface area contributed by atoms with E-state index in [4.69, 9.17) is 10.5 Å². The second-order valence-corrected chi connectivity index (χ2v) is 5.53. The van der Waals surface area contributed by atoms with Gasteiger partial charge in [-0.05, 0) is 37.5 Å². The first-order valence-corrected chi connectivity index (χ1v) is 6.90. The molecule has 0 aliphatic heterocycles. The van der Waals surface area contributed by atoms with Crippen molar-refractivity contribution in [3.05, 3.63) is 0 Å². The Hall–Kier alpha value is -0.0800. The van der Waals surface area contributed by atoms with E-state index in [-0.39, 0.29) is 11.6 Å². The molecule has 2 N–H and O–H groups in total. The first-order valence-electron chi connectivity index (χ1n) is 6.90. The van der Waals surface area contributed by atoms with Crippen molar-refractivity contribution < 1.29 is 4.74 Å². The van der Waals surface area contributed by atoms with Gasteiger partial charge in [-0.25, -0.2) is 0 Å². The quantitative estimate of drug-likeness (QED) is 0.781. The van der Waals surface area contributed by atoms with E-state index >= 15 is 0 Å². The Morgan fingerprint density at radius 1 is 1.31 bits per heavy atom. The maximum atomic E-state index is 6.50. The summed E-state index contributed by atoms with van der Waals surface area (Å²) in [4.78, 5) is 0. The second-order valence-electron chi connectivity index (χ2n) is 5.53. The molecular formula is C14H29NO. The van der Waals surface area contributed by atoms with Crippen LogP contribution >= 0.6 is 0 Å². The van der Waals surface area contributed by atoms with Gasteiger partial charge >= 0.3 is 0 Å². The minimum Gasteiger partial charge on any atom is -0.377 e. The molecule has 0 saturated heterocycles. The van der Waals surface area contributed by atoms with Crippen LogP contribution in [0, 0.1) is 11.8 Å². The first-order chi connectivity index (χ1) is 7.59. The van der Waals surface area contributed by atoms with Crippen LogP contribution in [0.25, 0.3) is 0 Å². The lowest BCUT2D eigenvalue weighted by Crippen LogP contribution is -2.53. The monoisotopic (exact) mass is 227 g/mol. The van der Waals surface area contributed by atoms with Gasteiger partial charge in [-0.1, -0.05) is 33.6 Å². The molecule has 1 rings (SSSR count). The van der Waals surface area contributed by atoms with E-state index in [9.17, 15) is 0 Å². The minimum absolute atomic E-state index is 0.0955. The van der Waals surface area contributed by atoms with Crippen molar-refractivity contribution in [3.8, 4) is 0 Å². The molecule has 2 nitrogen and oxygen atoms in total. The predicted molar refractivity (Wildman–Crippen MR) is 69.4 cm³/mol. The molecule has 96 valence electrons. The first kappa shape index (κ1) is 14.0. The Labute approximate surface area is 101 Å². The third-order valence-corrected chi connectivity index (χ3v) is 4.70. The Balaban J connectivity index is 2.69. The molecule has 0 aromatic rings. The summed E-state index contributed by atoms with van der Waals surface area (Å²) >= 11 is 0. The van der Waals surface area contributed by atoms with Gasteiger partial charge in [0.1, 0.15) is 0 Å². The van der Waals surface area contributed by atoms with Gasteiger partial charge in [0.2, 0.25) is 0 Å². The molecule has 1 saturated carbocycles. The van der Waals surface area contributed by atoms with Gasteiger partial charge in [-0.2, -0.15) is 0 Å². The van der Waals surface area contributed by atoms with E-state index in [2.05, 4.69) is 20.8 Å². The highest BCUT2D eigenvalue weighted by Crippen LogP contribution is 2.36. The van der Waals surface area contributed by atoms with Crippen LogP contribution in [-0.4, -0.2) is 18.8 Å². The standard InChI is InChI=1S/C14H29NO/c1-5-14(6-2,16-4)13(15)12-9-7-8-11(3)10-12/h11-13H,5-10,15H2,1-4H3. The fourth-order valence-corrected chi connectivity index (χ4v) is 3.38. The normalized spacial score (nSPS) is 29.1. The van der Waals surface area contributed by atoms with Crippen molar-refractivity contribution in [2.45, 2.75) is 70.9 Å². The average molecular weight is 227 g/mol. The van der Waals surface area contributed by atoms with Crippen LogP contribution in [-0.2, 0) is 4.74 Å². The van der Waals surface area contributed by atoms with E-state index in [1.807, 2.05) is 7.11 Å². The highest BCUT2D eigenvalue weighted by Gasteiger charge is 2.39. The lowest BCUT2D eigenvalue weighted by Gasteiger charge is -2.42. The Bertz CT molecular complexity index is 193. The van der Waals surface area contributed by atoms with Crippen LogP contribution in [0.4, 0.5) is 0 Å². The molecule has 1 aliphatic rings. The van der Waals surface area contributed by atoms with Gasteiger partial charge in [-0.15, -0.1) is 0 Å². The number of hydrogen-bond donors (Lipinski definition) is 1. The maximum Gasteiger partial charge on any atom is 0.0826 e.